The van der Waals surface area contributed by atoms with Crippen molar-refractivity contribution in [2.24, 2.45) is 0 Å². The Morgan fingerprint density at radius 2 is 2.30 bits per heavy atom. The first-order valence-corrected chi connectivity index (χ1v) is 3.79. The maximum atomic E-state index is 9.03. The zero-order valence-electron chi connectivity index (χ0n) is 6.67. The Bertz CT molecular complexity index is 102. The molecule has 1 atom stereocenters. The molecule has 60 valence electrons. The van der Waals surface area contributed by atoms with Crippen LogP contribution in [0.4, 0.5) is 0 Å². The third-order valence-corrected chi connectivity index (χ3v) is 1.94. The van der Waals surface area contributed by atoms with Crippen molar-refractivity contribution in [3.63, 3.8) is 0 Å². The minimum absolute atomic E-state index is 0.203. The van der Waals surface area contributed by atoms with Gasteiger partial charge in [-0.2, -0.15) is 0 Å². The molecule has 1 heterocycles. The summed E-state index contributed by atoms with van der Waals surface area (Å²) in [7, 11) is 2.05. The number of hydrogen-bond acceptors (Lipinski definition) is 3. The van der Waals surface area contributed by atoms with Gasteiger partial charge in [-0.1, -0.05) is 0 Å². The molecule has 0 spiro atoms. The summed E-state index contributed by atoms with van der Waals surface area (Å²) in [4.78, 5) is 2.20. The summed E-state index contributed by atoms with van der Waals surface area (Å²) in [6.07, 6.45) is -0.203. The molecule has 1 rings (SSSR count). The fourth-order valence-electron chi connectivity index (χ4n) is 1.15. The second-order valence-corrected chi connectivity index (χ2v) is 3.10. The highest BCUT2D eigenvalue weighted by molar-refractivity contribution is 4.83. The topological polar surface area (TPSA) is 35.5 Å². The van der Waals surface area contributed by atoms with Gasteiger partial charge in [-0.05, 0) is 14.0 Å². The van der Waals surface area contributed by atoms with Crippen LogP contribution < -0.4 is 5.32 Å². The average Bonchev–Trinajstić information content (AvgIpc) is 1.55. The molecule has 0 unspecified atom stereocenters. The summed E-state index contributed by atoms with van der Waals surface area (Å²) in [5, 5.41) is 12.2. The largest absolute Gasteiger partial charge is 0.392 e. The Morgan fingerprint density at radius 1 is 1.70 bits per heavy atom. The Morgan fingerprint density at radius 3 is 2.60 bits per heavy atom. The Balaban J connectivity index is 2.13. The van der Waals surface area contributed by atoms with Gasteiger partial charge in [0.05, 0.1) is 6.10 Å². The van der Waals surface area contributed by atoms with Crippen LogP contribution in [0.15, 0.2) is 0 Å². The van der Waals surface area contributed by atoms with Crippen LogP contribution in [0.5, 0.6) is 0 Å². The molecule has 1 fully saturated rings. The number of likely N-dealkylation sites (N-methyl/N-ethyl adjacent to an activating group) is 1. The molecular formula is C7H16N2O. The van der Waals surface area contributed by atoms with E-state index in [2.05, 4.69) is 17.3 Å². The minimum Gasteiger partial charge on any atom is -0.392 e. The highest BCUT2D eigenvalue weighted by Crippen LogP contribution is 2.01. The molecule has 0 amide bonds. The van der Waals surface area contributed by atoms with E-state index >= 15 is 0 Å². The third-order valence-electron chi connectivity index (χ3n) is 1.94. The first-order valence-electron chi connectivity index (χ1n) is 3.79. The normalized spacial score (nSPS) is 22.8. The monoisotopic (exact) mass is 144 g/mol. The average molecular weight is 144 g/mol. The molecule has 0 bridgehead atoms. The molecule has 1 saturated heterocycles. The maximum Gasteiger partial charge on any atom is 0.0639 e. The molecule has 3 heteroatoms. The van der Waals surface area contributed by atoms with Gasteiger partial charge in [0.25, 0.3) is 0 Å². The van der Waals surface area contributed by atoms with Crippen molar-refractivity contribution < 1.29 is 5.11 Å². The molecule has 0 aliphatic carbocycles. The van der Waals surface area contributed by atoms with Gasteiger partial charge in [-0.3, -0.25) is 4.90 Å². The smallest absolute Gasteiger partial charge is 0.0639 e. The van der Waals surface area contributed by atoms with Crippen LogP contribution >= 0.6 is 0 Å². The van der Waals surface area contributed by atoms with Crippen LogP contribution in [0.2, 0.25) is 0 Å². The zero-order valence-corrected chi connectivity index (χ0v) is 6.67. The number of hydrogen-bond donors (Lipinski definition) is 2. The van der Waals surface area contributed by atoms with Gasteiger partial charge in [0, 0.05) is 25.7 Å². The van der Waals surface area contributed by atoms with Crippen molar-refractivity contribution >= 4 is 0 Å². The molecule has 1 aliphatic heterocycles. The summed E-state index contributed by atoms with van der Waals surface area (Å²) >= 11 is 0. The van der Waals surface area contributed by atoms with Gasteiger partial charge in [0.1, 0.15) is 0 Å². The van der Waals surface area contributed by atoms with E-state index in [0.717, 1.165) is 19.6 Å². The van der Waals surface area contributed by atoms with Crippen LogP contribution in [0.3, 0.4) is 0 Å². The van der Waals surface area contributed by atoms with Gasteiger partial charge in [0.2, 0.25) is 0 Å². The molecule has 2 N–H and O–H groups in total. The predicted molar refractivity (Wildman–Crippen MR) is 41.0 cm³/mol. The number of rotatable bonds is 3. The van der Waals surface area contributed by atoms with Crippen LogP contribution in [0.1, 0.15) is 6.92 Å². The second-order valence-electron chi connectivity index (χ2n) is 3.10. The van der Waals surface area contributed by atoms with E-state index in [1.54, 1.807) is 0 Å². The van der Waals surface area contributed by atoms with Crippen molar-refractivity contribution in [2.45, 2.75) is 19.1 Å². The van der Waals surface area contributed by atoms with Crippen molar-refractivity contribution in [2.75, 3.05) is 26.7 Å². The Kier molecular flexibility index (Phi) is 2.65. The van der Waals surface area contributed by atoms with E-state index in [1.165, 1.54) is 0 Å². The van der Waals surface area contributed by atoms with Gasteiger partial charge < -0.3 is 10.4 Å². The lowest BCUT2D eigenvalue weighted by atomic mass is 10.1. The number of nitrogens with zero attached hydrogens (tertiary/aromatic N) is 1. The van der Waals surface area contributed by atoms with E-state index < -0.39 is 0 Å². The molecule has 0 aromatic carbocycles. The quantitative estimate of drug-likeness (QED) is 0.548. The van der Waals surface area contributed by atoms with Gasteiger partial charge >= 0.3 is 0 Å². The predicted octanol–water partition coefficient (Wildman–Crippen LogP) is -0.729. The third kappa shape index (κ3) is 1.94. The summed E-state index contributed by atoms with van der Waals surface area (Å²) in [6, 6.07) is 0.648. The highest BCUT2D eigenvalue weighted by atomic mass is 16.3. The van der Waals surface area contributed by atoms with Crippen LogP contribution in [0, 0.1) is 0 Å². The lowest BCUT2D eigenvalue weighted by Gasteiger charge is -2.36. The second kappa shape index (κ2) is 3.32. The van der Waals surface area contributed by atoms with Gasteiger partial charge in [0.15, 0.2) is 0 Å². The molecule has 0 radical (unpaired) electrons. The fraction of sp³-hybridized carbons (Fsp3) is 1.00. The first-order chi connectivity index (χ1) is 4.70. The standard InChI is InChI=1S/C7H16N2O/c1-6(10)5-9(2)7-3-8-4-7/h6-8,10H,3-5H2,1-2H3/t6-/m0/s1. The van der Waals surface area contributed by atoms with Crippen LogP contribution in [-0.2, 0) is 0 Å². The van der Waals surface area contributed by atoms with Crippen LogP contribution in [0.25, 0.3) is 0 Å². The Hall–Kier alpha value is -0.120. The molecular weight excluding hydrogens is 128 g/mol. The summed E-state index contributed by atoms with van der Waals surface area (Å²) in [5.41, 5.74) is 0. The fourth-order valence-corrected chi connectivity index (χ4v) is 1.15. The lowest BCUT2D eigenvalue weighted by Crippen LogP contribution is -2.56. The summed E-state index contributed by atoms with van der Waals surface area (Å²) in [6.45, 7) is 4.75. The SMILES string of the molecule is C[C@H](O)CN(C)C1CNC1. The van der Waals surface area contributed by atoms with E-state index in [-0.39, 0.29) is 6.10 Å². The number of nitrogens with one attached hydrogen (secondary N) is 1. The lowest BCUT2D eigenvalue weighted by molar-refractivity contribution is 0.0973. The van der Waals surface area contributed by atoms with E-state index in [1.807, 2.05) is 6.92 Å². The first kappa shape index (κ1) is 7.98. The molecule has 0 saturated carbocycles. The van der Waals surface area contributed by atoms with E-state index in [0.29, 0.717) is 6.04 Å². The molecule has 0 aromatic heterocycles. The molecule has 3 nitrogen and oxygen atoms in total. The van der Waals surface area contributed by atoms with Crippen molar-refractivity contribution in [3.05, 3.63) is 0 Å². The molecule has 1 aliphatic rings. The van der Waals surface area contributed by atoms with Gasteiger partial charge in [-0.15, -0.1) is 0 Å². The highest BCUT2D eigenvalue weighted by Gasteiger charge is 2.21. The van der Waals surface area contributed by atoms with E-state index in [9.17, 15) is 0 Å². The zero-order chi connectivity index (χ0) is 7.56. The number of aliphatic hydroxyl groups excluding tert-OH is 1. The molecule has 0 aromatic rings. The van der Waals surface area contributed by atoms with Crippen LogP contribution in [-0.4, -0.2) is 48.8 Å². The minimum atomic E-state index is -0.203. The summed E-state index contributed by atoms with van der Waals surface area (Å²) < 4.78 is 0. The number of aliphatic hydroxyl groups is 1. The molecule has 10 heavy (non-hydrogen) atoms. The maximum absolute atomic E-state index is 9.03. The Labute approximate surface area is 62.0 Å². The van der Waals surface area contributed by atoms with E-state index in [4.69, 9.17) is 5.11 Å². The summed E-state index contributed by atoms with van der Waals surface area (Å²) in [5.74, 6) is 0. The van der Waals surface area contributed by atoms with Crippen molar-refractivity contribution in [1.29, 1.82) is 0 Å². The van der Waals surface area contributed by atoms with Crippen molar-refractivity contribution in [1.82, 2.24) is 10.2 Å². The van der Waals surface area contributed by atoms with Crippen molar-refractivity contribution in [3.8, 4) is 0 Å². The van der Waals surface area contributed by atoms with Gasteiger partial charge in [-0.25, -0.2) is 0 Å².